The zero-order valence-corrected chi connectivity index (χ0v) is 23.7. The maximum atomic E-state index is 12.4. The van der Waals surface area contributed by atoms with Crippen molar-refractivity contribution in [3.8, 4) is 0 Å². The highest BCUT2D eigenvalue weighted by Crippen LogP contribution is 2.39. The van der Waals surface area contributed by atoms with Gasteiger partial charge in [-0.2, -0.15) is 0 Å². The molecule has 214 valence electrons. The van der Waals surface area contributed by atoms with Gasteiger partial charge in [0.15, 0.2) is 11.4 Å². The van der Waals surface area contributed by atoms with Crippen LogP contribution in [0.25, 0.3) is 0 Å². The van der Waals surface area contributed by atoms with Crippen LogP contribution in [0.2, 0.25) is 0 Å². The Labute approximate surface area is 238 Å². The zero-order chi connectivity index (χ0) is 28.3. The monoisotopic (exact) mass is 567 g/mol. The third-order valence-electron chi connectivity index (χ3n) is 6.60. The van der Waals surface area contributed by atoms with E-state index in [1.807, 2.05) is 60.1 Å². The number of aliphatic hydroxyl groups excluding tert-OH is 1. The predicted octanol–water partition coefficient (Wildman–Crippen LogP) is 4.28. The summed E-state index contributed by atoms with van der Waals surface area (Å²) in [7, 11) is 1.91. The van der Waals surface area contributed by atoms with Crippen LogP contribution >= 0.6 is 11.8 Å². The fourth-order valence-electron chi connectivity index (χ4n) is 4.39. The molecule has 3 unspecified atom stereocenters. The highest BCUT2D eigenvalue weighted by Gasteiger charge is 2.32. The number of anilines is 1. The van der Waals surface area contributed by atoms with Crippen LogP contribution in [0.3, 0.4) is 0 Å². The standard InChI is InChI=1S/C29H37N5O5S/c1-20(36)30-15-5-3-4-6-27(37)32-24-13-11-23(12-14-24)28-38-25(18-40-29-33-31-19-34(29)2)16-26(39-28)22-9-7-21(17-35)8-10-22/h7-14,19,25-26,28,35H,3-6,15-18H2,1-2H3,(H,30,36)(H,32,37). The first-order valence-corrected chi connectivity index (χ1v) is 14.5. The van der Waals surface area contributed by atoms with Crippen molar-refractivity contribution in [3.05, 3.63) is 71.5 Å². The van der Waals surface area contributed by atoms with Crippen molar-refractivity contribution in [2.24, 2.45) is 7.05 Å². The lowest BCUT2D eigenvalue weighted by Crippen LogP contribution is -2.31. The van der Waals surface area contributed by atoms with Gasteiger partial charge in [-0.05, 0) is 36.1 Å². The third-order valence-corrected chi connectivity index (χ3v) is 7.77. The Hall–Kier alpha value is -3.25. The SMILES string of the molecule is CC(=O)NCCCCCC(=O)Nc1ccc(C2OC(CSc3nncn3C)CC(c3ccc(CO)cc3)O2)cc1. The number of amides is 2. The Morgan fingerprint density at radius 1 is 1.05 bits per heavy atom. The van der Waals surface area contributed by atoms with Crippen molar-refractivity contribution in [2.75, 3.05) is 17.6 Å². The quantitative estimate of drug-likeness (QED) is 0.206. The van der Waals surface area contributed by atoms with Crippen molar-refractivity contribution in [2.45, 2.75) is 69.3 Å². The van der Waals surface area contributed by atoms with Gasteiger partial charge in [0, 0.05) is 50.4 Å². The minimum absolute atomic E-state index is 0.00397. The number of hydrogen-bond donors (Lipinski definition) is 3. The largest absolute Gasteiger partial charge is 0.392 e. The zero-order valence-electron chi connectivity index (χ0n) is 22.9. The maximum absolute atomic E-state index is 12.4. The maximum Gasteiger partial charge on any atom is 0.224 e. The summed E-state index contributed by atoms with van der Waals surface area (Å²) in [5.41, 5.74) is 3.46. The van der Waals surface area contributed by atoms with E-state index in [2.05, 4.69) is 20.8 Å². The number of benzene rings is 2. The molecule has 1 aromatic heterocycles. The second-order valence-electron chi connectivity index (χ2n) is 9.85. The van der Waals surface area contributed by atoms with Gasteiger partial charge in [-0.1, -0.05) is 54.6 Å². The fourth-order valence-corrected chi connectivity index (χ4v) is 5.30. The second kappa shape index (κ2) is 14.9. The molecule has 0 spiro atoms. The normalized spacial score (nSPS) is 18.8. The van der Waals surface area contributed by atoms with Gasteiger partial charge in [0.2, 0.25) is 11.8 Å². The van der Waals surface area contributed by atoms with Crippen molar-refractivity contribution in [3.63, 3.8) is 0 Å². The molecule has 1 aliphatic heterocycles. The molecule has 4 rings (SSSR count). The molecule has 0 saturated carbocycles. The number of ether oxygens (including phenoxy) is 2. The van der Waals surface area contributed by atoms with Gasteiger partial charge in [0.25, 0.3) is 0 Å². The number of unbranched alkanes of at least 4 members (excludes halogenated alkanes) is 2. The molecule has 1 aliphatic rings. The van der Waals surface area contributed by atoms with E-state index in [9.17, 15) is 14.7 Å². The van der Waals surface area contributed by atoms with E-state index in [1.165, 1.54) is 6.92 Å². The van der Waals surface area contributed by atoms with Crippen LogP contribution in [0.4, 0.5) is 5.69 Å². The average Bonchev–Trinajstić information content (AvgIpc) is 3.38. The Morgan fingerprint density at radius 3 is 2.48 bits per heavy atom. The third kappa shape index (κ3) is 8.88. The summed E-state index contributed by atoms with van der Waals surface area (Å²) >= 11 is 1.59. The Balaban J connectivity index is 1.35. The summed E-state index contributed by atoms with van der Waals surface area (Å²) in [6, 6.07) is 15.4. The van der Waals surface area contributed by atoms with Gasteiger partial charge in [-0.3, -0.25) is 9.59 Å². The first-order valence-electron chi connectivity index (χ1n) is 13.5. The van der Waals surface area contributed by atoms with Crippen molar-refractivity contribution in [1.82, 2.24) is 20.1 Å². The molecular formula is C29H37N5O5S. The first-order chi connectivity index (χ1) is 19.4. The number of aromatic nitrogens is 3. The molecule has 1 saturated heterocycles. The van der Waals surface area contributed by atoms with Crippen LogP contribution in [0.5, 0.6) is 0 Å². The number of carbonyl (C=O) groups excluding carboxylic acids is 2. The van der Waals surface area contributed by atoms with Gasteiger partial charge in [-0.25, -0.2) is 0 Å². The van der Waals surface area contributed by atoms with E-state index in [1.54, 1.807) is 18.1 Å². The van der Waals surface area contributed by atoms with Crippen LogP contribution in [-0.4, -0.2) is 50.1 Å². The number of aryl methyl sites for hydroxylation is 1. The smallest absolute Gasteiger partial charge is 0.224 e. The summed E-state index contributed by atoms with van der Waals surface area (Å²) in [6.07, 6.45) is 4.44. The van der Waals surface area contributed by atoms with E-state index in [4.69, 9.17) is 9.47 Å². The predicted molar refractivity (Wildman–Crippen MR) is 152 cm³/mol. The molecule has 0 aliphatic carbocycles. The number of nitrogens with one attached hydrogen (secondary N) is 2. The fraction of sp³-hybridized carbons (Fsp3) is 0.448. The number of aliphatic hydroxyl groups is 1. The molecule has 0 bridgehead atoms. The lowest BCUT2D eigenvalue weighted by molar-refractivity contribution is -0.245. The van der Waals surface area contributed by atoms with Crippen LogP contribution in [0.15, 0.2) is 60.0 Å². The average molecular weight is 568 g/mol. The van der Waals surface area contributed by atoms with E-state index < -0.39 is 6.29 Å². The number of nitrogens with zero attached hydrogens (tertiary/aromatic N) is 3. The van der Waals surface area contributed by atoms with Gasteiger partial charge in [0.05, 0.1) is 18.8 Å². The molecule has 1 fully saturated rings. The minimum Gasteiger partial charge on any atom is -0.392 e. The topological polar surface area (TPSA) is 128 Å². The van der Waals surface area contributed by atoms with Crippen LogP contribution < -0.4 is 10.6 Å². The summed E-state index contributed by atoms with van der Waals surface area (Å²) < 4.78 is 14.7. The molecule has 10 nitrogen and oxygen atoms in total. The highest BCUT2D eigenvalue weighted by molar-refractivity contribution is 7.99. The van der Waals surface area contributed by atoms with Gasteiger partial charge in [-0.15, -0.1) is 10.2 Å². The minimum atomic E-state index is -0.574. The van der Waals surface area contributed by atoms with Crippen molar-refractivity contribution < 1.29 is 24.2 Å². The van der Waals surface area contributed by atoms with E-state index in [0.29, 0.717) is 30.8 Å². The summed E-state index contributed by atoms with van der Waals surface area (Å²) in [5.74, 6) is 0.620. The number of hydrogen-bond acceptors (Lipinski definition) is 8. The molecule has 3 N–H and O–H groups in total. The van der Waals surface area contributed by atoms with E-state index in [-0.39, 0.29) is 30.6 Å². The summed E-state index contributed by atoms with van der Waals surface area (Å²) in [5, 5.41) is 24.1. The number of thioether (sulfide) groups is 1. The lowest BCUT2D eigenvalue weighted by Gasteiger charge is -2.36. The molecular weight excluding hydrogens is 530 g/mol. The summed E-state index contributed by atoms with van der Waals surface area (Å²) in [4.78, 5) is 23.3. The molecule has 11 heteroatoms. The Kier molecular flexibility index (Phi) is 11.1. The van der Waals surface area contributed by atoms with E-state index in [0.717, 1.165) is 41.1 Å². The molecule has 2 amide bonds. The van der Waals surface area contributed by atoms with Crippen LogP contribution in [0.1, 0.15) is 68.1 Å². The molecule has 0 radical (unpaired) electrons. The number of carbonyl (C=O) groups is 2. The van der Waals surface area contributed by atoms with Crippen LogP contribution in [0, 0.1) is 0 Å². The lowest BCUT2D eigenvalue weighted by atomic mass is 10.0. The highest BCUT2D eigenvalue weighted by atomic mass is 32.2. The summed E-state index contributed by atoms with van der Waals surface area (Å²) in [6.45, 7) is 2.13. The molecule has 3 aromatic rings. The molecule has 40 heavy (non-hydrogen) atoms. The molecule has 2 heterocycles. The second-order valence-corrected chi connectivity index (χ2v) is 10.8. The van der Waals surface area contributed by atoms with Gasteiger partial charge in [0.1, 0.15) is 6.33 Å². The van der Waals surface area contributed by atoms with Gasteiger partial charge < -0.3 is 29.8 Å². The molecule has 3 atom stereocenters. The number of rotatable bonds is 13. The van der Waals surface area contributed by atoms with Gasteiger partial charge >= 0.3 is 0 Å². The molecule has 2 aromatic carbocycles. The van der Waals surface area contributed by atoms with E-state index >= 15 is 0 Å². The Bertz CT molecular complexity index is 1230. The van der Waals surface area contributed by atoms with Crippen molar-refractivity contribution >= 4 is 29.3 Å². The first kappa shape index (κ1) is 29.7. The van der Waals surface area contributed by atoms with Crippen molar-refractivity contribution in [1.29, 1.82) is 0 Å². The Morgan fingerprint density at radius 2 is 1.80 bits per heavy atom. The van der Waals surface area contributed by atoms with Crippen LogP contribution in [-0.2, 0) is 32.7 Å².